The van der Waals surface area contributed by atoms with E-state index in [0.717, 1.165) is 24.4 Å². The first-order valence-electron chi connectivity index (χ1n) is 7.41. The Morgan fingerprint density at radius 2 is 1.80 bits per heavy atom. The summed E-state index contributed by atoms with van der Waals surface area (Å²) in [6.07, 6.45) is 6.22. The first-order chi connectivity index (χ1) is 9.76. The van der Waals surface area contributed by atoms with E-state index in [1.807, 2.05) is 24.3 Å². The quantitative estimate of drug-likeness (QED) is 0.646. The number of carbonyl (C=O) groups is 1. The second-order valence-corrected chi connectivity index (χ2v) is 4.87. The fourth-order valence-corrected chi connectivity index (χ4v) is 1.94. The molecule has 1 rings (SSSR count). The number of anilines is 1. The standard InChI is InChI=1S/C16H26N2O2/c1-3-4-5-6-7-12-17-13-16(19)18-14-8-10-15(20-2)11-9-14/h8-11,17H,3-7,12-13H2,1-2H3,(H,18,19). The molecule has 0 fully saturated rings. The lowest BCUT2D eigenvalue weighted by atomic mass is 10.1. The Morgan fingerprint density at radius 3 is 2.45 bits per heavy atom. The van der Waals surface area contributed by atoms with Crippen LogP contribution in [0.4, 0.5) is 5.69 Å². The van der Waals surface area contributed by atoms with Crippen LogP contribution in [0.3, 0.4) is 0 Å². The molecule has 4 heteroatoms. The molecule has 0 aromatic heterocycles. The predicted molar refractivity (Wildman–Crippen MR) is 83.3 cm³/mol. The maximum Gasteiger partial charge on any atom is 0.238 e. The van der Waals surface area contributed by atoms with Crippen LogP contribution in [0.2, 0.25) is 0 Å². The van der Waals surface area contributed by atoms with Crippen molar-refractivity contribution in [1.29, 1.82) is 0 Å². The second kappa shape index (κ2) is 10.3. The molecule has 0 aliphatic heterocycles. The van der Waals surface area contributed by atoms with Crippen molar-refractivity contribution in [1.82, 2.24) is 5.32 Å². The van der Waals surface area contributed by atoms with Gasteiger partial charge >= 0.3 is 0 Å². The van der Waals surface area contributed by atoms with Crippen LogP contribution in [-0.4, -0.2) is 26.1 Å². The lowest BCUT2D eigenvalue weighted by molar-refractivity contribution is -0.115. The van der Waals surface area contributed by atoms with Gasteiger partial charge in [-0.3, -0.25) is 4.79 Å². The molecule has 0 aliphatic rings. The summed E-state index contributed by atoms with van der Waals surface area (Å²) in [5.41, 5.74) is 0.792. The molecule has 112 valence electrons. The molecule has 0 aliphatic carbocycles. The zero-order valence-corrected chi connectivity index (χ0v) is 12.6. The Balaban J connectivity index is 2.10. The fourth-order valence-electron chi connectivity index (χ4n) is 1.94. The molecule has 0 atom stereocenters. The Morgan fingerprint density at radius 1 is 1.10 bits per heavy atom. The lowest BCUT2D eigenvalue weighted by Crippen LogP contribution is -2.28. The van der Waals surface area contributed by atoms with Gasteiger partial charge in [0.2, 0.25) is 5.91 Å². The van der Waals surface area contributed by atoms with E-state index >= 15 is 0 Å². The zero-order chi connectivity index (χ0) is 14.6. The minimum Gasteiger partial charge on any atom is -0.497 e. The molecule has 0 spiro atoms. The van der Waals surface area contributed by atoms with Crippen LogP contribution < -0.4 is 15.4 Å². The molecule has 0 bridgehead atoms. The molecule has 20 heavy (non-hydrogen) atoms. The Bertz CT molecular complexity index is 377. The summed E-state index contributed by atoms with van der Waals surface area (Å²) in [4.78, 5) is 11.7. The molecule has 0 saturated carbocycles. The highest BCUT2D eigenvalue weighted by Crippen LogP contribution is 2.14. The molecule has 4 nitrogen and oxygen atoms in total. The molecule has 1 amide bonds. The van der Waals surface area contributed by atoms with Gasteiger partial charge in [0.1, 0.15) is 5.75 Å². The van der Waals surface area contributed by atoms with E-state index in [-0.39, 0.29) is 5.91 Å². The molecule has 0 unspecified atom stereocenters. The number of amides is 1. The van der Waals surface area contributed by atoms with Gasteiger partial charge in [-0.25, -0.2) is 0 Å². The van der Waals surface area contributed by atoms with Crippen LogP contribution in [0.25, 0.3) is 0 Å². The third kappa shape index (κ3) is 7.14. The second-order valence-electron chi connectivity index (χ2n) is 4.87. The lowest BCUT2D eigenvalue weighted by Gasteiger charge is -2.07. The smallest absolute Gasteiger partial charge is 0.238 e. The van der Waals surface area contributed by atoms with Gasteiger partial charge in [-0.2, -0.15) is 0 Å². The van der Waals surface area contributed by atoms with Crippen molar-refractivity contribution in [3.8, 4) is 5.75 Å². The number of hydrogen-bond acceptors (Lipinski definition) is 3. The van der Waals surface area contributed by atoms with Crippen molar-refractivity contribution >= 4 is 11.6 Å². The highest BCUT2D eigenvalue weighted by atomic mass is 16.5. The number of hydrogen-bond donors (Lipinski definition) is 2. The molecule has 1 aromatic rings. The van der Waals surface area contributed by atoms with Crippen molar-refractivity contribution in [2.24, 2.45) is 0 Å². The van der Waals surface area contributed by atoms with E-state index in [1.54, 1.807) is 7.11 Å². The molecule has 0 heterocycles. The highest BCUT2D eigenvalue weighted by molar-refractivity contribution is 5.92. The average molecular weight is 278 g/mol. The Kier molecular flexibility index (Phi) is 8.47. The number of carbonyl (C=O) groups excluding carboxylic acids is 1. The van der Waals surface area contributed by atoms with E-state index in [1.165, 1.54) is 25.7 Å². The number of methoxy groups -OCH3 is 1. The van der Waals surface area contributed by atoms with Crippen molar-refractivity contribution < 1.29 is 9.53 Å². The fraction of sp³-hybridized carbons (Fsp3) is 0.562. The molecule has 2 N–H and O–H groups in total. The van der Waals surface area contributed by atoms with E-state index < -0.39 is 0 Å². The summed E-state index contributed by atoms with van der Waals surface area (Å²) < 4.78 is 5.07. The average Bonchev–Trinajstić information content (AvgIpc) is 2.47. The van der Waals surface area contributed by atoms with Crippen molar-refractivity contribution in [2.45, 2.75) is 39.0 Å². The van der Waals surface area contributed by atoms with Gasteiger partial charge < -0.3 is 15.4 Å². The summed E-state index contributed by atoms with van der Waals surface area (Å²) in [7, 11) is 1.62. The largest absolute Gasteiger partial charge is 0.497 e. The van der Waals surface area contributed by atoms with Crippen LogP contribution in [0, 0.1) is 0 Å². The van der Waals surface area contributed by atoms with E-state index in [9.17, 15) is 4.79 Å². The van der Waals surface area contributed by atoms with Crippen molar-refractivity contribution in [3.05, 3.63) is 24.3 Å². The summed E-state index contributed by atoms with van der Waals surface area (Å²) in [6, 6.07) is 7.33. The van der Waals surface area contributed by atoms with Crippen LogP contribution >= 0.6 is 0 Å². The van der Waals surface area contributed by atoms with Crippen LogP contribution in [0.15, 0.2) is 24.3 Å². The van der Waals surface area contributed by atoms with Crippen LogP contribution in [-0.2, 0) is 4.79 Å². The minimum absolute atomic E-state index is 0.0104. The maximum absolute atomic E-state index is 11.7. The van der Waals surface area contributed by atoms with Gasteiger partial charge in [0.15, 0.2) is 0 Å². The number of ether oxygens (including phenoxy) is 1. The highest BCUT2D eigenvalue weighted by Gasteiger charge is 2.01. The van der Waals surface area contributed by atoms with Gasteiger partial charge in [0.25, 0.3) is 0 Å². The van der Waals surface area contributed by atoms with Gasteiger partial charge in [0, 0.05) is 5.69 Å². The molecular weight excluding hydrogens is 252 g/mol. The molecular formula is C16H26N2O2. The summed E-state index contributed by atoms with van der Waals surface area (Å²) >= 11 is 0. The summed E-state index contributed by atoms with van der Waals surface area (Å²) in [5.74, 6) is 0.775. The topological polar surface area (TPSA) is 50.4 Å². The monoisotopic (exact) mass is 278 g/mol. The first-order valence-corrected chi connectivity index (χ1v) is 7.41. The van der Waals surface area contributed by atoms with Crippen LogP contribution in [0.5, 0.6) is 5.75 Å². The van der Waals surface area contributed by atoms with Crippen LogP contribution in [0.1, 0.15) is 39.0 Å². The van der Waals surface area contributed by atoms with Crippen molar-refractivity contribution in [2.75, 3.05) is 25.5 Å². The minimum atomic E-state index is -0.0104. The summed E-state index contributed by atoms with van der Waals surface area (Å²) in [6.45, 7) is 3.47. The Hall–Kier alpha value is -1.55. The van der Waals surface area contributed by atoms with E-state index in [4.69, 9.17) is 4.74 Å². The normalized spacial score (nSPS) is 10.3. The van der Waals surface area contributed by atoms with Gasteiger partial charge in [-0.1, -0.05) is 32.6 Å². The van der Waals surface area contributed by atoms with Gasteiger partial charge in [-0.05, 0) is 37.2 Å². The zero-order valence-electron chi connectivity index (χ0n) is 12.6. The maximum atomic E-state index is 11.7. The van der Waals surface area contributed by atoms with Gasteiger partial charge in [-0.15, -0.1) is 0 Å². The first kappa shape index (κ1) is 16.5. The molecule has 0 radical (unpaired) electrons. The third-order valence-electron chi connectivity index (χ3n) is 3.12. The number of benzene rings is 1. The van der Waals surface area contributed by atoms with Gasteiger partial charge in [0.05, 0.1) is 13.7 Å². The number of nitrogens with one attached hydrogen (secondary N) is 2. The molecule has 1 aromatic carbocycles. The van der Waals surface area contributed by atoms with E-state index in [0.29, 0.717) is 6.54 Å². The number of rotatable bonds is 10. The third-order valence-corrected chi connectivity index (χ3v) is 3.12. The van der Waals surface area contributed by atoms with E-state index in [2.05, 4.69) is 17.6 Å². The predicted octanol–water partition coefficient (Wildman–Crippen LogP) is 3.19. The Labute approximate surface area is 121 Å². The SMILES string of the molecule is CCCCCCCNCC(=O)Nc1ccc(OC)cc1. The number of unbranched alkanes of at least 4 members (excludes halogenated alkanes) is 4. The summed E-state index contributed by atoms with van der Waals surface area (Å²) in [5, 5.41) is 6.02. The van der Waals surface area contributed by atoms with Crippen molar-refractivity contribution in [3.63, 3.8) is 0 Å². The molecule has 0 saturated heterocycles.